The maximum Gasteiger partial charge on any atom is 0.355 e. The van der Waals surface area contributed by atoms with Crippen LogP contribution in [0, 0.1) is 13.8 Å². The van der Waals surface area contributed by atoms with Gasteiger partial charge in [-0.25, -0.2) is 4.79 Å². The minimum atomic E-state index is -0.345. The number of hydrogen-bond acceptors (Lipinski definition) is 3. The SMILES string of the molecule is CCOC(=O)c1[nH]c2cc3[nH]c4cccc(O)c4c3c(C)c2c1C. The van der Waals surface area contributed by atoms with Crippen LogP contribution in [0.2, 0.25) is 0 Å². The fourth-order valence-corrected chi connectivity index (χ4v) is 3.63. The minimum absolute atomic E-state index is 0.250. The van der Waals surface area contributed by atoms with Crippen LogP contribution >= 0.6 is 0 Å². The normalized spacial score (nSPS) is 11.6. The Labute approximate surface area is 138 Å². The van der Waals surface area contributed by atoms with E-state index in [0.29, 0.717) is 12.3 Å². The molecule has 0 fully saturated rings. The number of rotatable bonds is 2. The number of fused-ring (bicyclic) bond motifs is 4. The average molecular weight is 322 g/mol. The number of aromatic nitrogens is 2. The molecule has 0 saturated carbocycles. The smallest absolute Gasteiger partial charge is 0.355 e. The van der Waals surface area contributed by atoms with Crippen molar-refractivity contribution in [1.29, 1.82) is 0 Å². The molecule has 2 heterocycles. The Morgan fingerprint density at radius 2 is 1.79 bits per heavy atom. The molecule has 0 amide bonds. The lowest BCUT2D eigenvalue weighted by Gasteiger charge is -2.03. The van der Waals surface area contributed by atoms with Crippen LogP contribution in [-0.2, 0) is 4.74 Å². The van der Waals surface area contributed by atoms with Gasteiger partial charge in [0.05, 0.1) is 12.1 Å². The highest BCUT2D eigenvalue weighted by Crippen LogP contribution is 2.39. The first kappa shape index (κ1) is 14.6. The number of aryl methyl sites for hydroxylation is 2. The number of aromatic hydroxyl groups is 1. The van der Waals surface area contributed by atoms with Crippen LogP contribution in [0.5, 0.6) is 5.75 Å². The van der Waals surface area contributed by atoms with Gasteiger partial charge in [0.2, 0.25) is 0 Å². The first-order valence-corrected chi connectivity index (χ1v) is 7.95. The Kier molecular flexibility index (Phi) is 3.06. The van der Waals surface area contributed by atoms with E-state index in [4.69, 9.17) is 4.74 Å². The highest BCUT2D eigenvalue weighted by atomic mass is 16.5. The van der Waals surface area contributed by atoms with Crippen molar-refractivity contribution in [2.75, 3.05) is 6.61 Å². The lowest BCUT2D eigenvalue weighted by molar-refractivity contribution is 0.0520. The number of hydrogen-bond donors (Lipinski definition) is 3. The molecule has 0 aliphatic carbocycles. The Bertz CT molecular complexity index is 1120. The monoisotopic (exact) mass is 322 g/mol. The molecule has 4 rings (SSSR count). The first-order valence-electron chi connectivity index (χ1n) is 7.95. The molecule has 0 aliphatic rings. The van der Waals surface area contributed by atoms with Gasteiger partial charge in [0, 0.05) is 27.2 Å². The summed E-state index contributed by atoms with van der Waals surface area (Å²) in [6, 6.07) is 7.43. The van der Waals surface area contributed by atoms with E-state index < -0.39 is 0 Å². The molecule has 2 aromatic carbocycles. The predicted octanol–water partition coefficient (Wildman–Crippen LogP) is 4.30. The molecule has 24 heavy (non-hydrogen) atoms. The number of esters is 1. The summed E-state index contributed by atoms with van der Waals surface area (Å²) in [5.41, 5.74) is 5.08. The van der Waals surface area contributed by atoms with Gasteiger partial charge >= 0.3 is 5.97 Å². The summed E-state index contributed by atoms with van der Waals surface area (Å²) in [6.45, 7) is 6.06. The van der Waals surface area contributed by atoms with Crippen molar-refractivity contribution in [3.63, 3.8) is 0 Å². The number of carbonyl (C=O) groups is 1. The summed E-state index contributed by atoms with van der Waals surface area (Å²) in [6.07, 6.45) is 0. The molecule has 0 radical (unpaired) electrons. The summed E-state index contributed by atoms with van der Waals surface area (Å²) < 4.78 is 5.13. The lowest BCUT2D eigenvalue weighted by Crippen LogP contribution is -2.06. The van der Waals surface area contributed by atoms with E-state index in [1.54, 1.807) is 13.0 Å². The summed E-state index contributed by atoms with van der Waals surface area (Å²) in [5, 5.41) is 13.1. The van der Waals surface area contributed by atoms with Gasteiger partial charge in [0.15, 0.2) is 0 Å². The highest BCUT2D eigenvalue weighted by molar-refractivity contribution is 6.17. The van der Waals surface area contributed by atoms with Crippen molar-refractivity contribution in [3.05, 3.63) is 41.1 Å². The molecule has 0 saturated heterocycles. The third-order valence-electron chi connectivity index (χ3n) is 4.63. The largest absolute Gasteiger partial charge is 0.507 e. The molecule has 0 aliphatic heterocycles. The number of phenols is 1. The quantitative estimate of drug-likeness (QED) is 0.481. The van der Waals surface area contributed by atoms with Gasteiger partial charge in [0.1, 0.15) is 11.4 Å². The van der Waals surface area contributed by atoms with Gasteiger partial charge in [-0.3, -0.25) is 0 Å². The second kappa shape index (κ2) is 5.03. The number of ether oxygens (including phenoxy) is 1. The van der Waals surface area contributed by atoms with Gasteiger partial charge in [-0.2, -0.15) is 0 Å². The molecule has 122 valence electrons. The van der Waals surface area contributed by atoms with Gasteiger partial charge in [-0.1, -0.05) is 6.07 Å². The van der Waals surface area contributed by atoms with Crippen molar-refractivity contribution in [1.82, 2.24) is 9.97 Å². The van der Waals surface area contributed by atoms with Crippen LogP contribution in [0.25, 0.3) is 32.7 Å². The average Bonchev–Trinajstić information content (AvgIpc) is 3.07. The summed E-state index contributed by atoms with van der Waals surface area (Å²) in [4.78, 5) is 18.7. The van der Waals surface area contributed by atoms with Crippen molar-refractivity contribution in [2.45, 2.75) is 20.8 Å². The maximum atomic E-state index is 12.1. The van der Waals surface area contributed by atoms with Crippen LogP contribution in [0.1, 0.15) is 28.5 Å². The standard InChI is InChI=1S/C19H18N2O3/c1-4-24-19(23)18-10(3)15-9(2)16-13(8-12(15)21-18)20-11-6-5-7-14(22)17(11)16/h5-8,20-22H,4H2,1-3H3. The zero-order chi connectivity index (χ0) is 17.0. The van der Waals surface area contributed by atoms with Crippen molar-refractivity contribution in [2.24, 2.45) is 0 Å². The van der Waals surface area contributed by atoms with Crippen LogP contribution in [0.15, 0.2) is 24.3 Å². The molecule has 3 N–H and O–H groups in total. The number of benzene rings is 2. The van der Waals surface area contributed by atoms with Crippen molar-refractivity contribution >= 4 is 38.7 Å². The van der Waals surface area contributed by atoms with E-state index in [2.05, 4.69) is 9.97 Å². The number of phenolic OH excluding ortho intramolecular Hbond substituents is 1. The predicted molar refractivity (Wildman–Crippen MR) is 94.8 cm³/mol. The highest BCUT2D eigenvalue weighted by Gasteiger charge is 2.20. The Morgan fingerprint density at radius 1 is 1.04 bits per heavy atom. The van der Waals surface area contributed by atoms with Crippen molar-refractivity contribution < 1.29 is 14.6 Å². The van der Waals surface area contributed by atoms with Crippen molar-refractivity contribution in [3.8, 4) is 5.75 Å². The number of nitrogens with one attached hydrogen (secondary N) is 2. The summed E-state index contributed by atoms with van der Waals surface area (Å²) in [5.74, 6) is -0.0954. The third-order valence-corrected chi connectivity index (χ3v) is 4.63. The zero-order valence-electron chi connectivity index (χ0n) is 13.8. The number of aromatic amines is 2. The fraction of sp³-hybridized carbons (Fsp3) is 0.211. The molecule has 4 aromatic rings. The molecular weight excluding hydrogens is 304 g/mol. The molecule has 5 heteroatoms. The van der Waals surface area contributed by atoms with Crippen LogP contribution < -0.4 is 0 Å². The maximum absolute atomic E-state index is 12.1. The molecule has 0 spiro atoms. The zero-order valence-corrected chi connectivity index (χ0v) is 13.8. The number of H-pyrrole nitrogens is 2. The van der Waals surface area contributed by atoms with Gasteiger partial charge in [-0.05, 0) is 50.1 Å². The van der Waals surface area contributed by atoms with Crippen LogP contribution in [0.3, 0.4) is 0 Å². The van der Waals surface area contributed by atoms with E-state index in [0.717, 1.165) is 43.8 Å². The van der Waals surface area contributed by atoms with Crippen LogP contribution in [0.4, 0.5) is 0 Å². The van der Waals surface area contributed by atoms with E-state index in [1.165, 1.54) is 0 Å². The molecule has 0 atom stereocenters. The van der Waals surface area contributed by atoms with E-state index in [-0.39, 0.29) is 11.7 Å². The summed E-state index contributed by atoms with van der Waals surface area (Å²) >= 11 is 0. The topological polar surface area (TPSA) is 78.1 Å². The molecule has 2 aromatic heterocycles. The van der Waals surface area contributed by atoms with Gasteiger partial charge in [0.25, 0.3) is 0 Å². The molecular formula is C19H18N2O3. The lowest BCUT2D eigenvalue weighted by atomic mass is 10.0. The Balaban J connectivity index is 2.12. The Morgan fingerprint density at radius 3 is 2.54 bits per heavy atom. The first-order chi connectivity index (χ1) is 11.5. The molecule has 0 unspecified atom stereocenters. The van der Waals surface area contributed by atoms with Gasteiger partial charge in [-0.15, -0.1) is 0 Å². The molecule has 0 bridgehead atoms. The minimum Gasteiger partial charge on any atom is -0.507 e. The molecule has 5 nitrogen and oxygen atoms in total. The third kappa shape index (κ3) is 1.84. The number of carbonyl (C=O) groups excluding carboxylic acids is 1. The Hall–Kier alpha value is -2.95. The van der Waals surface area contributed by atoms with E-state index in [1.807, 2.05) is 32.0 Å². The van der Waals surface area contributed by atoms with Crippen LogP contribution in [-0.4, -0.2) is 27.7 Å². The fourth-order valence-electron chi connectivity index (χ4n) is 3.63. The van der Waals surface area contributed by atoms with E-state index in [9.17, 15) is 9.90 Å². The van der Waals surface area contributed by atoms with Gasteiger partial charge < -0.3 is 19.8 Å². The second-order valence-corrected chi connectivity index (χ2v) is 6.02. The van der Waals surface area contributed by atoms with E-state index >= 15 is 0 Å². The summed E-state index contributed by atoms with van der Waals surface area (Å²) in [7, 11) is 0. The second-order valence-electron chi connectivity index (χ2n) is 6.02.